The van der Waals surface area contributed by atoms with Crippen molar-refractivity contribution in [1.82, 2.24) is 15.1 Å². The molecule has 9 heteroatoms. The van der Waals surface area contributed by atoms with Crippen LogP contribution in [0.5, 0.6) is 0 Å². The number of hydrogen-bond donors (Lipinski definition) is 1. The van der Waals surface area contributed by atoms with Crippen LogP contribution in [-0.4, -0.2) is 67.6 Å². The molecule has 0 radical (unpaired) electrons. The van der Waals surface area contributed by atoms with E-state index in [1.165, 1.54) is 5.56 Å². The number of nitrogens with one attached hydrogen (secondary N) is 1. The SMILES string of the molecule is CC1CN(Cc2ccccc2CNC(=O)C2=CN3CCS(=O)(=O)N=C3C=C2)CC(C)O1. The molecule has 1 fully saturated rings. The molecule has 2 unspecified atom stereocenters. The highest BCUT2D eigenvalue weighted by atomic mass is 32.2. The molecular formula is C22H28N4O4S. The molecular weight excluding hydrogens is 416 g/mol. The monoisotopic (exact) mass is 444 g/mol. The Kier molecular flexibility index (Phi) is 6.27. The number of morpholine rings is 1. The number of amidine groups is 1. The molecule has 3 aliphatic rings. The van der Waals surface area contributed by atoms with Crippen LogP contribution in [0.25, 0.3) is 0 Å². The lowest BCUT2D eigenvalue weighted by Gasteiger charge is -2.35. The molecule has 0 saturated carbocycles. The summed E-state index contributed by atoms with van der Waals surface area (Å²) < 4.78 is 32.8. The predicted molar refractivity (Wildman–Crippen MR) is 119 cm³/mol. The van der Waals surface area contributed by atoms with E-state index in [9.17, 15) is 13.2 Å². The van der Waals surface area contributed by atoms with Gasteiger partial charge in [0.1, 0.15) is 5.84 Å². The van der Waals surface area contributed by atoms with Crippen molar-refractivity contribution in [1.29, 1.82) is 0 Å². The number of ether oxygens (including phenoxy) is 1. The molecule has 3 aliphatic heterocycles. The highest BCUT2D eigenvalue weighted by Crippen LogP contribution is 2.18. The standard InChI is InChI=1S/C22H28N4O4S/c1-16-12-25(13-17(2)30-16)14-19-6-4-3-5-18(19)11-23-22(27)20-7-8-21-24-31(28,29)10-9-26(21)15-20/h3-8,15-17H,9-14H2,1-2H3,(H,23,27). The summed E-state index contributed by atoms with van der Waals surface area (Å²) in [7, 11) is -3.41. The maximum atomic E-state index is 12.7. The average Bonchev–Trinajstić information content (AvgIpc) is 2.71. The van der Waals surface area contributed by atoms with Gasteiger partial charge >= 0.3 is 0 Å². The van der Waals surface area contributed by atoms with Gasteiger partial charge in [-0.1, -0.05) is 24.3 Å². The van der Waals surface area contributed by atoms with Gasteiger partial charge in [-0.05, 0) is 37.1 Å². The van der Waals surface area contributed by atoms with Gasteiger partial charge in [-0.25, -0.2) is 8.42 Å². The lowest BCUT2D eigenvalue weighted by molar-refractivity contribution is -0.117. The van der Waals surface area contributed by atoms with Crippen LogP contribution < -0.4 is 5.32 Å². The summed E-state index contributed by atoms with van der Waals surface area (Å²) in [5, 5.41) is 2.99. The third kappa shape index (κ3) is 5.41. The fourth-order valence-electron chi connectivity index (χ4n) is 4.15. The molecule has 0 aromatic heterocycles. The van der Waals surface area contributed by atoms with E-state index in [1.807, 2.05) is 18.2 Å². The van der Waals surface area contributed by atoms with Crippen LogP contribution in [-0.2, 0) is 32.6 Å². The molecule has 1 amide bonds. The maximum absolute atomic E-state index is 12.7. The van der Waals surface area contributed by atoms with Crippen LogP contribution in [0.2, 0.25) is 0 Å². The van der Waals surface area contributed by atoms with Crippen LogP contribution >= 0.6 is 0 Å². The molecule has 166 valence electrons. The Morgan fingerprint density at radius 2 is 1.87 bits per heavy atom. The van der Waals surface area contributed by atoms with Crippen LogP contribution in [0.15, 0.2) is 52.6 Å². The van der Waals surface area contributed by atoms with Crippen molar-refractivity contribution >= 4 is 21.8 Å². The third-order valence-electron chi connectivity index (χ3n) is 5.53. The summed E-state index contributed by atoms with van der Waals surface area (Å²) in [6, 6.07) is 8.13. The largest absolute Gasteiger partial charge is 0.373 e. The van der Waals surface area contributed by atoms with Crippen molar-refractivity contribution in [2.75, 3.05) is 25.4 Å². The van der Waals surface area contributed by atoms with Gasteiger partial charge in [0, 0.05) is 38.9 Å². The summed E-state index contributed by atoms with van der Waals surface area (Å²) in [5.41, 5.74) is 2.74. The second-order valence-corrected chi connectivity index (χ2v) is 10.0. The van der Waals surface area contributed by atoms with Crippen molar-refractivity contribution in [3.05, 3.63) is 59.3 Å². The number of nitrogens with zero attached hydrogens (tertiary/aromatic N) is 3. The van der Waals surface area contributed by atoms with E-state index in [0.29, 0.717) is 24.5 Å². The second-order valence-electron chi connectivity index (χ2n) is 8.25. The topological polar surface area (TPSA) is 91.3 Å². The van der Waals surface area contributed by atoms with Crippen LogP contribution in [0.4, 0.5) is 0 Å². The summed E-state index contributed by atoms with van der Waals surface area (Å²) in [5.74, 6) is 0.0938. The molecule has 0 bridgehead atoms. The summed E-state index contributed by atoms with van der Waals surface area (Å²) >= 11 is 0. The molecule has 0 spiro atoms. The zero-order chi connectivity index (χ0) is 22.0. The Balaban J connectivity index is 1.39. The van der Waals surface area contributed by atoms with E-state index in [4.69, 9.17) is 4.74 Å². The summed E-state index contributed by atoms with van der Waals surface area (Å²) in [6.07, 6.45) is 5.25. The average molecular weight is 445 g/mol. The molecule has 1 aromatic rings. The van der Waals surface area contributed by atoms with E-state index >= 15 is 0 Å². The predicted octanol–water partition coefficient (Wildman–Crippen LogP) is 1.41. The number of amides is 1. The van der Waals surface area contributed by atoms with E-state index in [1.54, 1.807) is 23.3 Å². The summed E-state index contributed by atoms with van der Waals surface area (Å²) in [6.45, 7) is 7.49. The number of rotatable bonds is 5. The van der Waals surface area contributed by atoms with Crippen molar-refractivity contribution in [3.63, 3.8) is 0 Å². The van der Waals surface area contributed by atoms with Crippen LogP contribution in [0.1, 0.15) is 25.0 Å². The Labute approximate surface area is 183 Å². The number of carbonyl (C=O) groups excluding carboxylic acids is 1. The highest BCUT2D eigenvalue weighted by Gasteiger charge is 2.25. The molecule has 1 saturated heterocycles. The number of hydrogen-bond acceptors (Lipinski definition) is 6. The lowest BCUT2D eigenvalue weighted by Crippen LogP contribution is -2.45. The van der Waals surface area contributed by atoms with E-state index in [2.05, 4.69) is 34.5 Å². The number of sulfonamides is 1. The molecule has 1 N–H and O–H groups in total. The third-order valence-corrected chi connectivity index (χ3v) is 6.70. The first-order valence-electron chi connectivity index (χ1n) is 10.5. The molecule has 31 heavy (non-hydrogen) atoms. The fourth-order valence-corrected chi connectivity index (χ4v) is 5.12. The fraction of sp³-hybridized carbons (Fsp3) is 0.455. The van der Waals surface area contributed by atoms with Crippen molar-refractivity contribution in [2.45, 2.75) is 39.1 Å². The maximum Gasteiger partial charge on any atom is 0.256 e. The minimum Gasteiger partial charge on any atom is -0.373 e. The van der Waals surface area contributed by atoms with Gasteiger partial charge in [-0.2, -0.15) is 0 Å². The Bertz CT molecular complexity index is 1040. The van der Waals surface area contributed by atoms with Crippen molar-refractivity contribution in [3.8, 4) is 0 Å². The number of fused-ring (bicyclic) bond motifs is 1. The zero-order valence-electron chi connectivity index (χ0n) is 17.8. The molecule has 3 heterocycles. The van der Waals surface area contributed by atoms with Gasteiger partial charge < -0.3 is 15.0 Å². The van der Waals surface area contributed by atoms with Gasteiger partial charge in [0.25, 0.3) is 15.9 Å². The second kappa shape index (κ2) is 8.94. The molecule has 4 rings (SSSR count). The smallest absolute Gasteiger partial charge is 0.256 e. The van der Waals surface area contributed by atoms with E-state index in [0.717, 1.165) is 25.2 Å². The first kappa shape index (κ1) is 21.7. The quantitative estimate of drug-likeness (QED) is 0.739. The summed E-state index contributed by atoms with van der Waals surface area (Å²) in [4.78, 5) is 16.8. The van der Waals surface area contributed by atoms with Gasteiger partial charge in [-0.3, -0.25) is 9.69 Å². The number of carbonyl (C=O) groups is 1. The molecule has 0 aliphatic carbocycles. The minimum absolute atomic E-state index is 0.0537. The minimum atomic E-state index is -3.41. The molecule has 8 nitrogen and oxygen atoms in total. The van der Waals surface area contributed by atoms with E-state index < -0.39 is 10.0 Å². The lowest BCUT2D eigenvalue weighted by atomic mass is 10.1. The van der Waals surface area contributed by atoms with Gasteiger partial charge in [0.15, 0.2) is 0 Å². The van der Waals surface area contributed by atoms with Crippen LogP contribution in [0.3, 0.4) is 0 Å². The van der Waals surface area contributed by atoms with E-state index in [-0.39, 0.29) is 23.9 Å². The first-order valence-corrected chi connectivity index (χ1v) is 12.1. The Morgan fingerprint density at radius 1 is 1.16 bits per heavy atom. The molecule has 2 atom stereocenters. The van der Waals surface area contributed by atoms with Crippen molar-refractivity contribution in [2.24, 2.45) is 4.40 Å². The van der Waals surface area contributed by atoms with Gasteiger partial charge in [-0.15, -0.1) is 4.40 Å². The van der Waals surface area contributed by atoms with Crippen LogP contribution in [0, 0.1) is 0 Å². The Hall–Kier alpha value is -2.49. The molecule has 1 aromatic carbocycles. The zero-order valence-corrected chi connectivity index (χ0v) is 18.6. The highest BCUT2D eigenvalue weighted by molar-refractivity contribution is 7.90. The van der Waals surface area contributed by atoms with Gasteiger partial charge in [0.2, 0.25) is 0 Å². The normalized spacial score (nSPS) is 25.4. The number of benzene rings is 1. The van der Waals surface area contributed by atoms with Gasteiger partial charge in [0.05, 0.1) is 23.5 Å². The Morgan fingerprint density at radius 3 is 2.61 bits per heavy atom. The van der Waals surface area contributed by atoms with Crippen molar-refractivity contribution < 1.29 is 17.9 Å². The first-order chi connectivity index (χ1) is 14.8.